The van der Waals surface area contributed by atoms with Crippen LogP contribution < -0.4 is 10.1 Å². The topological polar surface area (TPSA) is 82.0 Å². The molecule has 3 atom stereocenters. The van der Waals surface area contributed by atoms with E-state index in [2.05, 4.69) is 5.32 Å². The first kappa shape index (κ1) is 16.2. The molecule has 118 valence electrons. The van der Waals surface area contributed by atoms with Gasteiger partial charge < -0.3 is 25.4 Å². The first-order valence-corrected chi connectivity index (χ1v) is 7.32. The van der Waals surface area contributed by atoms with Gasteiger partial charge in [0.2, 0.25) is 6.29 Å². The number of ether oxygens (including phenoxy) is 1. The van der Waals surface area contributed by atoms with Crippen molar-refractivity contribution in [1.29, 1.82) is 0 Å². The van der Waals surface area contributed by atoms with Crippen LogP contribution >= 0.6 is 0 Å². The number of fused-ring (bicyclic) bond motifs is 1. The number of hydrogen-bond donors (Lipinski definition) is 4. The van der Waals surface area contributed by atoms with Crippen molar-refractivity contribution in [2.45, 2.75) is 57.6 Å². The minimum atomic E-state index is -0.929. The summed E-state index contributed by atoms with van der Waals surface area (Å²) in [6.07, 6.45) is -1.51. The zero-order valence-electron chi connectivity index (χ0n) is 12.8. The van der Waals surface area contributed by atoms with E-state index >= 15 is 0 Å². The SMILES string of the molecule is CC(C)(C)NCC(O)Oc1ccc2c(c1)CC(O)C(O)C2. The van der Waals surface area contributed by atoms with Crippen LogP contribution in [0.3, 0.4) is 0 Å². The van der Waals surface area contributed by atoms with Crippen molar-refractivity contribution < 1.29 is 20.1 Å². The van der Waals surface area contributed by atoms with Gasteiger partial charge in [-0.05, 0) is 44.0 Å². The van der Waals surface area contributed by atoms with Gasteiger partial charge in [0.15, 0.2) is 0 Å². The van der Waals surface area contributed by atoms with Gasteiger partial charge in [0.1, 0.15) is 5.75 Å². The molecular weight excluding hydrogens is 270 g/mol. The number of nitrogens with one attached hydrogen (secondary N) is 1. The summed E-state index contributed by atoms with van der Waals surface area (Å²) >= 11 is 0. The molecule has 3 unspecified atom stereocenters. The second kappa shape index (κ2) is 6.32. The molecule has 1 aromatic carbocycles. The third-order valence-corrected chi connectivity index (χ3v) is 3.56. The largest absolute Gasteiger partial charge is 0.464 e. The fraction of sp³-hybridized carbons (Fsp3) is 0.625. The first-order chi connectivity index (χ1) is 9.74. The molecule has 1 aliphatic rings. The van der Waals surface area contributed by atoms with Crippen LogP contribution in [0.25, 0.3) is 0 Å². The maximum Gasteiger partial charge on any atom is 0.210 e. The molecule has 5 heteroatoms. The molecule has 0 heterocycles. The Labute approximate surface area is 125 Å². The Kier molecular flexibility index (Phi) is 4.88. The van der Waals surface area contributed by atoms with E-state index in [1.165, 1.54) is 0 Å². The van der Waals surface area contributed by atoms with Crippen molar-refractivity contribution in [1.82, 2.24) is 5.32 Å². The molecule has 4 N–H and O–H groups in total. The number of benzene rings is 1. The van der Waals surface area contributed by atoms with Gasteiger partial charge in [0, 0.05) is 18.4 Å². The standard InChI is InChI=1S/C16H25NO4/c1-16(2,3)17-9-15(20)21-12-5-4-10-7-13(18)14(19)8-11(10)6-12/h4-6,13-15,17-20H,7-9H2,1-3H3. The van der Waals surface area contributed by atoms with Gasteiger partial charge in [-0.2, -0.15) is 0 Å². The molecule has 0 amide bonds. The molecule has 0 spiro atoms. The van der Waals surface area contributed by atoms with E-state index in [4.69, 9.17) is 4.74 Å². The number of β-amino-alcohol motifs (C(OH)–C–C–N with tert-alkyl or cyclic N) is 1. The Morgan fingerprint density at radius 1 is 1.19 bits per heavy atom. The van der Waals surface area contributed by atoms with Gasteiger partial charge in [-0.25, -0.2) is 0 Å². The molecule has 1 aromatic rings. The smallest absolute Gasteiger partial charge is 0.210 e. The Hall–Kier alpha value is -1.14. The fourth-order valence-corrected chi connectivity index (χ4v) is 2.38. The highest BCUT2D eigenvalue weighted by Crippen LogP contribution is 2.26. The summed E-state index contributed by atoms with van der Waals surface area (Å²) in [5, 5.41) is 32.4. The van der Waals surface area contributed by atoms with Gasteiger partial charge in [-0.1, -0.05) is 6.07 Å². The van der Waals surface area contributed by atoms with Gasteiger partial charge in [-0.3, -0.25) is 0 Å². The molecule has 21 heavy (non-hydrogen) atoms. The summed E-state index contributed by atoms with van der Waals surface area (Å²) in [6, 6.07) is 5.48. The van der Waals surface area contributed by atoms with Crippen molar-refractivity contribution >= 4 is 0 Å². The lowest BCUT2D eigenvalue weighted by Gasteiger charge is -2.27. The van der Waals surface area contributed by atoms with E-state index in [1.54, 1.807) is 6.07 Å². The molecule has 1 aliphatic carbocycles. The zero-order valence-corrected chi connectivity index (χ0v) is 12.8. The summed E-state index contributed by atoms with van der Waals surface area (Å²) in [5.74, 6) is 0.570. The van der Waals surface area contributed by atoms with Gasteiger partial charge >= 0.3 is 0 Å². The van der Waals surface area contributed by atoms with Crippen LogP contribution in [-0.2, 0) is 12.8 Å². The minimum absolute atomic E-state index is 0.0829. The molecular formula is C16H25NO4. The van der Waals surface area contributed by atoms with Crippen LogP contribution in [-0.4, -0.2) is 45.9 Å². The van der Waals surface area contributed by atoms with Crippen LogP contribution in [0.15, 0.2) is 18.2 Å². The number of hydrogen-bond acceptors (Lipinski definition) is 5. The van der Waals surface area contributed by atoms with Crippen LogP contribution in [0.4, 0.5) is 0 Å². The summed E-state index contributed by atoms with van der Waals surface area (Å²) in [7, 11) is 0. The number of aliphatic hydroxyl groups excluding tert-OH is 3. The third-order valence-electron chi connectivity index (χ3n) is 3.56. The van der Waals surface area contributed by atoms with Crippen LogP contribution in [0.1, 0.15) is 31.9 Å². The van der Waals surface area contributed by atoms with Crippen molar-refractivity contribution in [3.05, 3.63) is 29.3 Å². The van der Waals surface area contributed by atoms with Crippen molar-refractivity contribution in [2.75, 3.05) is 6.54 Å². The van der Waals surface area contributed by atoms with Gasteiger partial charge in [-0.15, -0.1) is 0 Å². The summed E-state index contributed by atoms with van der Waals surface area (Å²) < 4.78 is 5.49. The van der Waals surface area contributed by atoms with Gasteiger partial charge in [0.25, 0.3) is 0 Å². The quantitative estimate of drug-likeness (QED) is 0.611. The van der Waals surface area contributed by atoms with Crippen molar-refractivity contribution in [3.8, 4) is 5.75 Å². The Morgan fingerprint density at radius 2 is 1.81 bits per heavy atom. The second-order valence-electron chi connectivity index (χ2n) is 6.68. The number of rotatable bonds is 4. The van der Waals surface area contributed by atoms with E-state index in [-0.39, 0.29) is 5.54 Å². The highest BCUT2D eigenvalue weighted by atomic mass is 16.6. The van der Waals surface area contributed by atoms with E-state index in [1.807, 2.05) is 32.9 Å². The molecule has 0 bridgehead atoms. The van der Waals surface area contributed by atoms with E-state index in [9.17, 15) is 15.3 Å². The van der Waals surface area contributed by atoms with Gasteiger partial charge in [0.05, 0.1) is 18.8 Å². The van der Waals surface area contributed by atoms with E-state index in [0.717, 1.165) is 11.1 Å². The van der Waals surface area contributed by atoms with Crippen LogP contribution in [0.2, 0.25) is 0 Å². The number of aliphatic hydroxyl groups is 3. The highest BCUT2D eigenvalue weighted by Gasteiger charge is 2.25. The third kappa shape index (κ3) is 4.68. The Morgan fingerprint density at radius 3 is 2.43 bits per heavy atom. The molecule has 0 aliphatic heterocycles. The minimum Gasteiger partial charge on any atom is -0.464 e. The Balaban J connectivity index is 1.97. The molecule has 0 aromatic heterocycles. The zero-order chi connectivity index (χ0) is 15.6. The normalized spacial score (nSPS) is 23.5. The molecule has 5 nitrogen and oxygen atoms in total. The monoisotopic (exact) mass is 295 g/mol. The van der Waals surface area contributed by atoms with E-state index in [0.29, 0.717) is 25.1 Å². The maximum atomic E-state index is 9.89. The molecule has 0 saturated heterocycles. The second-order valence-corrected chi connectivity index (χ2v) is 6.68. The molecule has 2 rings (SSSR count). The highest BCUT2D eigenvalue weighted by molar-refractivity contribution is 5.38. The summed E-state index contributed by atoms with van der Waals surface area (Å²) in [5.41, 5.74) is 1.89. The fourth-order valence-electron chi connectivity index (χ4n) is 2.38. The molecule has 0 fully saturated rings. The van der Waals surface area contributed by atoms with E-state index < -0.39 is 18.5 Å². The molecule has 0 radical (unpaired) electrons. The van der Waals surface area contributed by atoms with Crippen molar-refractivity contribution in [2.24, 2.45) is 0 Å². The first-order valence-electron chi connectivity index (χ1n) is 7.32. The van der Waals surface area contributed by atoms with Crippen molar-refractivity contribution in [3.63, 3.8) is 0 Å². The van der Waals surface area contributed by atoms with Crippen LogP contribution in [0.5, 0.6) is 5.75 Å². The predicted octanol–water partition coefficient (Wildman–Crippen LogP) is 0.592. The Bertz CT molecular complexity index is 484. The lowest BCUT2D eigenvalue weighted by Crippen LogP contribution is -2.42. The lowest BCUT2D eigenvalue weighted by molar-refractivity contribution is -0.0194. The average Bonchev–Trinajstić information content (AvgIpc) is 2.37. The molecule has 0 saturated carbocycles. The maximum absolute atomic E-state index is 9.89. The van der Waals surface area contributed by atoms with Crippen LogP contribution in [0, 0.1) is 0 Å². The summed E-state index contributed by atoms with van der Waals surface area (Å²) in [4.78, 5) is 0. The average molecular weight is 295 g/mol. The predicted molar refractivity (Wildman–Crippen MR) is 80.3 cm³/mol. The summed E-state index contributed by atoms with van der Waals surface area (Å²) in [6.45, 7) is 6.39. The lowest BCUT2D eigenvalue weighted by atomic mass is 9.88.